The molecule has 9 heteroatoms. The van der Waals surface area contributed by atoms with Crippen LogP contribution in [0.2, 0.25) is 0 Å². The van der Waals surface area contributed by atoms with Crippen LogP contribution in [0.25, 0.3) is 10.7 Å². The number of hydrogen-bond acceptors (Lipinski definition) is 7. The maximum Gasteiger partial charge on any atom is 0.263 e. The van der Waals surface area contributed by atoms with Crippen LogP contribution in [0.3, 0.4) is 0 Å². The summed E-state index contributed by atoms with van der Waals surface area (Å²) in [7, 11) is -3.64. The Bertz CT molecular complexity index is 1410. The zero-order chi connectivity index (χ0) is 24.7. The molecule has 0 aliphatic heterocycles. The van der Waals surface area contributed by atoms with E-state index in [0.29, 0.717) is 34.1 Å². The summed E-state index contributed by atoms with van der Waals surface area (Å²) in [5, 5.41) is 4.75. The van der Waals surface area contributed by atoms with Gasteiger partial charge in [0.15, 0.2) is 9.84 Å². The lowest BCUT2D eigenvalue weighted by molar-refractivity contribution is 0.0946. The topological polar surface area (TPSA) is 102 Å². The summed E-state index contributed by atoms with van der Waals surface area (Å²) in [6, 6.07) is 17.6. The fourth-order valence-corrected chi connectivity index (χ4v) is 5.45. The molecule has 1 atom stereocenters. The van der Waals surface area contributed by atoms with Gasteiger partial charge in [-0.05, 0) is 37.5 Å². The summed E-state index contributed by atoms with van der Waals surface area (Å²) in [5.74, 6) is -0.310. The summed E-state index contributed by atoms with van der Waals surface area (Å²) < 4.78 is 25.5. The van der Waals surface area contributed by atoms with Crippen molar-refractivity contribution in [3.8, 4) is 10.7 Å². The number of aryl methyl sites for hydroxylation is 2. The van der Waals surface area contributed by atoms with Gasteiger partial charge in [-0.25, -0.2) is 13.4 Å². The van der Waals surface area contributed by atoms with Crippen molar-refractivity contribution in [3.63, 3.8) is 0 Å². The lowest BCUT2D eigenvalue weighted by Crippen LogP contribution is -2.34. The van der Waals surface area contributed by atoms with Gasteiger partial charge < -0.3 is 5.32 Å². The maximum atomic E-state index is 13.2. The number of rotatable bonds is 9. The van der Waals surface area contributed by atoms with Crippen LogP contribution in [-0.4, -0.2) is 35.3 Å². The second-order valence-corrected chi connectivity index (χ2v) is 10.6. The molecular weight excluding hydrogens is 480 g/mol. The van der Waals surface area contributed by atoms with E-state index < -0.39 is 15.9 Å². The molecule has 1 amide bonds. The van der Waals surface area contributed by atoms with Crippen molar-refractivity contribution >= 4 is 27.1 Å². The van der Waals surface area contributed by atoms with Gasteiger partial charge in [0.1, 0.15) is 15.6 Å². The van der Waals surface area contributed by atoms with Crippen molar-refractivity contribution < 1.29 is 13.2 Å². The van der Waals surface area contributed by atoms with Crippen LogP contribution in [0.1, 0.15) is 27.3 Å². The zero-order valence-corrected chi connectivity index (χ0v) is 20.7. The highest BCUT2D eigenvalue weighted by Gasteiger charge is 2.20. The van der Waals surface area contributed by atoms with Crippen LogP contribution in [0.4, 0.5) is 0 Å². The molecule has 0 saturated carbocycles. The second-order valence-electron chi connectivity index (χ2n) is 7.82. The van der Waals surface area contributed by atoms with E-state index >= 15 is 0 Å². The van der Waals surface area contributed by atoms with Gasteiger partial charge >= 0.3 is 0 Å². The van der Waals surface area contributed by atoms with Gasteiger partial charge in [-0.3, -0.25) is 14.8 Å². The average Bonchev–Trinajstić information content (AvgIpc) is 3.29. The standard InChI is InChI=1S/C26H24N4O3S2/c1-19-24(34-26(29-19)23-18-27-15-16-28-23)25(31)30-21(13-12-20-8-4-2-5-9-20)14-17-35(32,33)22-10-6-3-7-11-22/h2-11,14-18,21H,12-13H2,1H3,(H,30,31)/b17-14+/t21-/m0/s1. The minimum Gasteiger partial charge on any atom is -0.345 e. The van der Waals surface area contributed by atoms with E-state index in [1.54, 1.807) is 61.9 Å². The quantitative estimate of drug-likeness (QED) is 0.357. The third kappa shape index (κ3) is 6.46. The van der Waals surface area contributed by atoms with Crippen LogP contribution in [-0.2, 0) is 16.3 Å². The van der Waals surface area contributed by atoms with E-state index in [9.17, 15) is 13.2 Å². The van der Waals surface area contributed by atoms with Crippen LogP contribution < -0.4 is 5.32 Å². The molecule has 4 rings (SSSR count). The molecule has 0 aliphatic rings. The van der Waals surface area contributed by atoms with Crippen molar-refractivity contribution in [2.24, 2.45) is 0 Å². The highest BCUT2D eigenvalue weighted by atomic mass is 32.2. The van der Waals surface area contributed by atoms with Crippen molar-refractivity contribution in [2.45, 2.75) is 30.7 Å². The molecular formula is C26H24N4O3S2. The highest BCUT2D eigenvalue weighted by Crippen LogP contribution is 2.26. The molecule has 7 nitrogen and oxygen atoms in total. The van der Waals surface area contributed by atoms with E-state index in [4.69, 9.17) is 0 Å². The maximum absolute atomic E-state index is 13.2. The zero-order valence-electron chi connectivity index (χ0n) is 19.0. The highest BCUT2D eigenvalue weighted by molar-refractivity contribution is 7.94. The average molecular weight is 505 g/mol. The van der Waals surface area contributed by atoms with Gasteiger partial charge in [0.25, 0.3) is 5.91 Å². The Morgan fingerprint density at radius 1 is 1.06 bits per heavy atom. The first-order valence-corrected chi connectivity index (χ1v) is 13.4. The molecule has 0 spiro atoms. The number of thiazole rings is 1. The Morgan fingerprint density at radius 3 is 2.46 bits per heavy atom. The van der Waals surface area contributed by atoms with Gasteiger partial charge in [-0.2, -0.15) is 0 Å². The minimum atomic E-state index is -3.64. The van der Waals surface area contributed by atoms with Gasteiger partial charge in [0.05, 0.1) is 16.8 Å². The lowest BCUT2D eigenvalue weighted by atomic mass is 10.1. The Hall–Kier alpha value is -3.69. The number of carbonyl (C=O) groups excluding carboxylic acids is 1. The number of nitrogens with one attached hydrogen (secondary N) is 1. The first-order valence-electron chi connectivity index (χ1n) is 11.0. The number of nitrogens with zero attached hydrogens (tertiary/aromatic N) is 3. The number of sulfone groups is 1. The molecule has 0 saturated heterocycles. The van der Waals surface area contributed by atoms with Gasteiger partial charge in [0, 0.05) is 23.8 Å². The van der Waals surface area contributed by atoms with Crippen LogP contribution >= 0.6 is 11.3 Å². The lowest BCUT2D eigenvalue weighted by Gasteiger charge is -2.15. The van der Waals surface area contributed by atoms with Crippen LogP contribution in [0.5, 0.6) is 0 Å². The molecule has 2 aromatic heterocycles. The Morgan fingerprint density at radius 2 is 1.77 bits per heavy atom. The van der Waals surface area contributed by atoms with Gasteiger partial charge in [-0.15, -0.1) is 11.3 Å². The summed E-state index contributed by atoms with van der Waals surface area (Å²) in [6.07, 6.45) is 7.50. The first-order chi connectivity index (χ1) is 16.9. The monoisotopic (exact) mass is 504 g/mol. The van der Waals surface area contributed by atoms with Crippen LogP contribution in [0.15, 0.2) is 95.6 Å². The molecule has 0 fully saturated rings. The van der Waals surface area contributed by atoms with Crippen molar-refractivity contribution in [3.05, 3.63) is 107 Å². The normalized spacial score (nSPS) is 12.5. The number of hydrogen-bond donors (Lipinski definition) is 1. The number of amides is 1. The first kappa shape index (κ1) is 24.4. The summed E-state index contributed by atoms with van der Waals surface area (Å²) in [4.78, 5) is 26.6. The molecule has 2 heterocycles. The van der Waals surface area contributed by atoms with Gasteiger partial charge in [0.2, 0.25) is 0 Å². The Balaban J connectivity index is 1.55. The Labute approximate surface area is 208 Å². The fourth-order valence-electron chi connectivity index (χ4n) is 3.43. The molecule has 35 heavy (non-hydrogen) atoms. The molecule has 0 aliphatic carbocycles. The third-order valence-corrected chi connectivity index (χ3v) is 7.87. The van der Waals surface area contributed by atoms with E-state index in [-0.39, 0.29) is 10.8 Å². The molecule has 0 radical (unpaired) electrons. The predicted molar refractivity (Wildman–Crippen MR) is 137 cm³/mol. The summed E-state index contributed by atoms with van der Waals surface area (Å²) >= 11 is 1.23. The molecule has 178 valence electrons. The third-order valence-electron chi connectivity index (χ3n) is 5.25. The number of benzene rings is 2. The molecule has 0 unspecified atom stereocenters. The van der Waals surface area contributed by atoms with E-state index in [0.717, 1.165) is 5.56 Å². The molecule has 4 aromatic rings. The molecule has 2 aromatic carbocycles. The predicted octanol–water partition coefficient (Wildman–Crippen LogP) is 4.63. The van der Waals surface area contributed by atoms with Crippen molar-refractivity contribution in [1.29, 1.82) is 0 Å². The second kappa shape index (κ2) is 11.2. The molecule has 1 N–H and O–H groups in total. The molecule has 0 bridgehead atoms. The van der Waals surface area contributed by atoms with Crippen LogP contribution in [0, 0.1) is 6.92 Å². The Kier molecular flexibility index (Phi) is 7.79. The summed E-state index contributed by atoms with van der Waals surface area (Å²) in [5.41, 5.74) is 2.27. The van der Waals surface area contributed by atoms with Crippen molar-refractivity contribution in [1.82, 2.24) is 20.3 Å². The number of carbonyl (C=O) groups is 1. The minimum absolute atomic E-state index is 0.205. The smallest absolute Gasteiger partial charge is 0.263 e. The largest absolute Gasteiger partial charge is 0.345 e. The summed E-state index contributed by atoms with van der Waals surface area (Å²) in [6.45, 7) is 1.76. The van der Waals surface area contributed by atoms with E-state index in [1.807, 2.05) is 30.3 Å². The fraction of sp³-hybridized carbons (Fsp3) is 0.154. The van der Waals surface area contributed by atoms with Crippen molar-refractivity contribution in [2.75, 3.05) is 0 Å². The number of aromatic nitrogens is 3. The SMILES string of the molecule is Cc1nc(-c2cnccn2)sc1C(=O)N[C@H](/C=C/S(=O)(=O)c1ccccc1)CCc1ccccc1. The van der Waals surface area contributed by atoms with E-state index in [1.165, 1.54) is 16.7 Å². The van der Waals surface area contributed by atoms with Gasteiger partial charge in [-0.1, -0.05) is 54.6 Å². The van der Waals surface area contributed by atoms with E-state index in [2.05, 4.69) is 20.3 Å².